The monoisotopic (exact) mass is 430 g/mol. The Kier molecular flexibility index (Phi) is 5.92. The number of halogens is 2. The molecule has 8 nitrogen and oxygen atoms in total. The molecular formula is C20H20ClFN6O2. The number of aromatic amines is 1. The number of hydrogen-bond donors (Lipinski definition) is 3. The van der Waals surface area contributed by atoms with Gasteiger partial charge in [-0.2, -0.15) is 15.5 Å². The zero-order chi connectivity index (χ0) is 22.1. The van der Waals surface area contributed by atoms with Gasteiger partial charge in [-0.15, -0.1) is 0 Å². The van der Waals surface area contributed by atoms with Crippen LogP contribution in [0.1, 0.15) is 42.5 Å². The number of benzene rings is 1. The van der Waals surface area contributed by atoms with E-state index in [1.54, 1.807) is 43.8 Å². The maximum Gasteiger partial charge on any atom is 0.272 e. The summed E-state index contributed by atoms with van der Waals surface area (Å²) in [5.41, 5.74) is 0.204. The van der Waals surface area contributed by atoms with E-state index in [0.29, 0.717) is 23.5 Å². The maximum atomic E-state index is 14.0. The summed E-state index contributed by atoms with van der Waals surface area (Å²) >= 11 is 5.95. The van der Waals surface area contributed by atoms with E-state index in [-0.39, 0.29) is 28.2 Å². The highest BCUT2D eigenvalue weighted by atomic mass is 35.5. The molecule has 156 valence electrons. The van der Waals surface area contributed by atoms with Crippen LogP contribution >= 0.6 is 11.6 Å². The minimum atomic E-state index is -1.13. The molecule has 0 saturated heterocycles. The fourth-order valence-corrected chi connectivity index (χ4v) is 3.07. The van der Waals surface area contributed by atoms with E-state index in [0.717, 1.165) is 0 Å². The van der Waals surface area contributed by atoms with Crippen LogP contribution in [0.4, 0.5) is 4.39 Å². The van der Waals surface area contributed by atoms with Crippen molar-refractivity contribution in [1.82, 2.24) is 25.3 Å². The van der Waals surface area contributed by atoms with E-state index in [9.17, 15) is 14.3 Å². The number of aromatic nitrogens is 4. The quantitative estimate of drug-likeness (QED) is 0.555. The van der Waals surface area contributed by atoms with Crippen molar-refractivity contribution in [3.63, 3.8) is 0 Å². The van der Waals surface area contributed by atoms with Crippen LogP contribution in [0.2, 0.25) is 5.02 Å². The maximum absolute atomic E-state index is 14.0. The van der Waals surface area contributed by atoms with E-state index < -0.39 is 11.4 Å². The number of nitriles is 1. The Balaban J connectivity index is 1.67. The van der Waals surface area contributed by atoms with Gasteiger partial charge in [0.1, 0.15) is 28.7 Å². The highest BCUT2D eigenvalue weighted by Gasteiger charge is 2.22. The van der Waals surface area contributed by atoms with E-state index in [1.165, 1.54) is 18.2 Å². The summed E-state index contributed by atoms with van der Waals surface area (Å²) in [5.74, 6) is -1.10. The van der Waals surface area contributed by atoms with Crippen LogP contribution < -0.4 is 5.32 Å². The molecule has 0 bridgehead atoms. The number of rotatable bonds is 6. The molecule has 0 saturated carbocycles. The van der Waals surface area contributed by atoms with Gasteiger partial charge >= 0.3 is 0 Å². The number of amides is 1. The van der Waals surface area contributed by atoms with Crippen molar-refractivity contribution >= 4 is 17.5 Å². The summed E-state index contributed by atoms with van der Waals surface area (Å²) in [6, 6.07) is 7.32. The Bertz CT molecular complexity index is 1100. The number of hydrogen-bond acceptors (Lipinski definition) is 5. The molecule has 3 rings (SSSR count). The zero-order valence-electron chi connectivity index (χ0n) is 16.6. The standard InChI is InChI=1S/C20H20ClFN6O2/c1-11(24-19(29)17-8-18(26-25-17)20(2,3)30)10-28-5-4-16(27-28)12-6-14(21)13(9-23)15(22)7-12/h4-8,11,30H,10H2,1-3H3,(H,24,29)(H,25,26). The number of carbonyl (C=O) groups excluding carboxylic acids is 1. The summed E-state index contributed by atoms with van der Waals surface area (Å²) in [5, 5.41) is 32.7. The van der Waals surface area contributed by atoms with Crippen molar-refractivity contribution in [2.24, 2.45) is 0 Å². The van der Waals surface area contributed by atoms with Crippen LogP contribution in [0.5, 0.6) is 0 Å². The average Bonchev–Trinajstić information content (AvgIpc) is 3.30. The van der Waals surface area contributed by atoms with Crippen LogP contribution in [0.3, 0.4) is 0 Å². The third kappa shape index (κ3) is 4.67. The van der Waals surface area contributed by atoms with Crippen molar-refractivity contribution in [2.75, 3.05) is 0 Å². The summed E-state index contributed by atoms with van der Waals surface area (Å²) in [7, 11) is 0. The summed E-state index contributed by atoms with van der Waals surface area (Å²) < 4.78 is 15.6. The van der Waals surface area contributed by atoms with Gasteiger partial charge in [0.05, 0.1) is 23.0 Å². The normalized spacial score (nSPS) is 12.4. The largest absolute Gasteiger partial charge is 0.384 e. The first-order chi connectivity index (χ1) is 14.1. The molecule has 0 radical (unpaired) electrons. The molecule has 0 aliphatic heterocycles. The molecule has 30 heavy (non-hydrogen) atoms. The summed E-state index contributed by atoms with van der Waals surface area (Å²) in [6.45, 7) is 5.35. The van der Waals surface area contributed by atoms with Crippen molar-refractivity contribution in [3.8, 4) is 17.3 Å². The lowest BCUT2D eigenvalue weighted by Gasteiger charge is -2.14. The smallest absolute Gasteiger partial charge is 0.272 e. The molecule has 0 aliphatic rings. The lowest BCUT2D eigenvalue weighted by atomic mass is 10.1. The van der Waals surface area contributed by atoms with E-state index in [4.69, 9.17) is 16.9 Å². The van der Waals surface area contributed by atoms with Crippen LogP contribution in [-0.4, -0.2) is 37.0 Å². The van der Waals surface area contributed by atoms with Crippen LogP contribution in [0.15, 0.2) is 30.5 Å². The number of carbonyl (C=O) groups is 1. The van der Waals surface area contributed by atoms with Gasteiger partial charge in [0.25, 0.3) is 5.91 Å². The van der Waals surface area contributed by atoms with Crippen LogP contribution in [-0.2, 0) is 12.1 Å². The lowest BCUT2D eigenvalue weighted by Crippen LogP contribution is -2.36. The highest BCUT2D eigenvalue weighted by Crippen LogP contribution is 2.26. The van der Waals surface area contributed by atoms with E-state index >= 15 is 0 Å². The molecule has 1 unspecified atom stereocenters. The Morgan fingerprint density at radius 3 is 2.80 bits per heavy atom. The molecule has 1 atom stereocenters. The van der Waals surface area contributed by atoms with Gasteiger partial charge in [0.2, 0.25) is 0 Å². The second-order valence-corrected chi connectivity index (χ2v) is 7.86. The fraction of sp³-hybridized carbons (Fsp3) is 0.300. The van der Waals surface area contributed by atoms with Gasteiger partial charge in [0.15, 0.2) is 0 Å². The van der Waals surface area contributed by atoms with Crippen LogP contribution in [0.25, 0.3) is 11.3 Å². The third-order valence-electron chi connectivity index (χ3n) is 4.40. The lowest BCUT2D eigenvalue weighted by molar-refractivity contribution is 0.0738. The highest BCUT2D eigenvalue weighted by molar-refractivity contribution is 6.32. The molecular weight excluding hydrogens is 411 g/mol. The predicted octanol–water partition coefficient (Wildman–Crippen LogP) is 2.98. The molecule has 1 aromatic carbocycles. The molecule has 3 aromatic rings. The molecule has 3 N–H and O–H groups in total. The van der Waals surface area contributed by atoms with E-state index in [1.807, 2.05) is 0 Å². The molecule has 0 spiro atoms. The van der Waals surface area contributed by atoms with E-state index in [2.05, 4.69) is 20.6 Å². The van der Waals surface area contributed by atoms with Gasteiger partial charge in [-0.3, -0.25) is 14.6 Å². The van der Waals surface area contributed by atoms with Gasteiger partial charge in [-0.05, 0) is 45.0 Å². The van der Waals surface area contributed by atoms with Crippen molar-refractivity contribution < 1.29 is 14.3 Å². The molecule has 10 heteroatoms. The molecule has 0 aliphatic carbocycles. The molecule has 2 aromatic heterocycles. The van der Waals surface area contributed by atoms with Gasteiger partial charge < -0.3 is 10.4 Å². The SMILES string of the molecule is CC(Cn1ccc(-c2cc(F)c(C#N)c(Cl)c2)n1)NC(=O)c1cc(C(C)(C)O)[nH]n1. The Morgan fingerprint density at radius 2 is 2.20 bits per heavy atom. The Labute approximate surface area is 177 Å². The first kappa shape index (κ1) is 21.5. The second-order valence-electron chi connectivity index (χ2n) is 7.45. The minimum Gasteiger partial charge on any atom is -0.384 e. The van der Waals surface area contributed by atoms with Gasteiger partial charge in [-0.1, -0.05) is 11.6 Å². The Morgan fingerprint density at radius 1 is 1.47 bits per heavy atom. The molecule has 0 fully saturated rings. The van der Waals surface area contributed by atoms with Crippen molar-refractivity contribution in [1.29, 1.82) is 5.26 Å². The van der Waals surface area contributed by atoms with Gasteiger partial charge in [0, 0.05) is 17.8 Å². The topological polar surface area (TPSA) is 120 Å². The van der Waals surface area contributed by atoms with Crippen LogP contribution in [0, 0.1) is 17.1 Å². The van der Waals surface area contributed by atoms with Crippen molar-refractivity contribution in [3.05, 3.63) is 58.3 Å². The number of nitrogens with one attached hydrogen (secondary N) is 2. The number of H-pyrrole nitrogens is 1. The second kappa shape index (κ2) is 8.26. The fourth-order valence-electron chi connectivity index (χ4n) is 2.82. The summed E-state index contributed by atoms with van der Waals surface area (Å²) in [4.78, 5) is 12.4. The first-order valence-electron chi connectivity index (χ1n) is 9.10. The summed E-state index contributed by atoms with van der Waals surface area (Å²) in [6.07, 6.45) is 1.70. The average molecular weight is 431 g/mol. The minimum absolute atomic E-state index is 0.0205. The predicted molar refractivity (Wildman–Crippen MR) is 108 cm³/mol. The Hall–Kier alpha value is -3.22. The number of nitrogens with zero attached hydrogens (tertiary/aromatic N) is 4. The molecule has 2 heterocycles. The molecule has 1 amide bonds. The number of aliphatic hydroxyl groups is 1. The van der Waals surface area contributed by atoms with Gasteiger partial charge in [-0.25, -0.2) is 4.39 Å². The first-order valence-corrected chi connectivity index (χ1v) is 9.48. The zero-order valence-corrected chi connectivity index (χ0v) is 17.3. The van der Waals surface area contributed by atoms with Crippen molar-refractivity contribution in [2.45, 2.75) is 39.0 Å². The third-order valence-corrected chi connectivity index (χ3v) is 4.70.